The van der Waals surface area contributed by atoms with Crippen LogP contribution in [-0.2, 0) is 4.74 Å². The SMILES string of the molecule is COC(=O)c1nc(-c2ccc(Br)cc2F)nc(N)c1OC. The molecule has 8 heteroatoms. The van der Waals surface area contributed by atoms with Gasteiger partial charge in [-0.3, -0.25) is 0 Å². The van der Waals surface area contributed by atoms with Crippen molar-refractivity contribution in [1.82, 2.24) is 9.97 Å². The third-order valence-electron chi connectivity index (χ3n) is 2.65. The highest BCUT2D eigenvalue weighted by Gasteiger charge is 2.22. The molecule has 0 spiro atoms. The van der Waals surface area contributed by atoms with Crippen LogP contribution in [0.15, 0.2) is 22.7 Å². The summed E-state index contributed by atoms with van der Waals surface area (Å²) in [6.45, 7) is 0. The lowest BCUT2D eigenvalue weighted by atomic mass is 10.2. The first-order chi connectivity index (χ1) is 9.97. The third-order valence-corrected chi connectivity index (χ3v) is 3.14. The minimum Gasteiger partial charge on any atom is -0.491 e. The first-order valence-corrected chi connectivity index (χ1v) is 6.52. The molecule has 0 aliphatic rings. The molecule has 1 heterocycles. The zero-order valence-electron chi connectivity index (χ0n) is 11.2. The fraction of sp³-hybridized carbons (Fsp3) is 0.154. The number of esters is 1. The number of benzene rings is 1. The lowest BCUT2D eigenvalue weighted by Crippen LogP contribution is -2.12. The van der Waals surface area contributed by atoms with E-state index in [1.807, 2.05) is 0 Å². The van der Waals surface area contributed by atoms with Gasteiger partial charge < -0.3 is 15.2 Å². The van der Waals surface area contributed by atoms with Gasteiger partial charge in [0.25, 0.3) is 0 Å². The predicted octanol–water partition coefficient (Wildman–Crippen LogP) is 2.42. The second kappa shape index (κ2) is 6.04. The quantitative estimate of drug-likeness (QED) is 0.850. The van der Waals surface area contributed by atoms with Crippen molar-refractivity contribution >= 4 is 27.7 Å². The normalized spacial score (nSPS) is 10.3. The van der Waals surface area contributed by atoms with Crippen molar-refractivity contribution in [3.05, 3.63) is 34.2 Å². The molecule has 6 nitrogen and oxygen atoms in total. The van der Waals surface area contributed by atoms with Crippen LogP contribution in [0.25, 0.3) is 11.4 Å². The number of nitrogen functional groups attached to an aromatic ring is 1. The Bertz CT molecular complexity index is 709. The Labute approximate surface area is 128 Å². The molecule has 0 amide bonds. The Morgan fingerprint density at radius 3 is 2.62 bits per heavy atom. The fourth-order valence-electron chi connectivity index (χ4n) is 1.70. The van der Waals surface area contributed by atoms with Crippen molar-refractivity contribution in [2.75, 3.05) is 20.0 Å². The smallest absolute Gasteiger partial charge is 0.360 e. The highest BCUT2D eigenvalue weighted by molar-refractivity contribution is 9.10. The van der Waals surface area contributed by atoms with Gasteiger partial charge in [0.1, 0.15) is 5.82 Å². The maximum Gasteiger partial charge on any atom is 0.360 e. The van der Waals surface area contributed by atoms with Crippen LogP contribution in [0, 0.1) is 5.82 Å². The van der Waals surface area contributed by atoms with Gasteiger partial charge in [0.15, 0.2) is 23.1 Å². The molecule has 0 saturated carbocycles. The van der Waals surface area contributed by atoms with Gasteiger partial charge in [-0.1, -0.05) is 15.9 Å². The van der Waals surface area contributed by atoms with Crippen LogP contribution in [0.2, 0.25) is 0 Å². The van der Waals surface area contributed by atoms with E-state index in [-0.39, 0.29) is 28.6 Å². The highest BCUT2D eigenvalue weighted by Crippen LogP contribution is 2.29. The second-order valence-electron chi connectivity index (χ2n) is 3.93. The van der Waals surface area contributed by atoms with Crippen LogP contribution in [0.3, 0.4) is 0 Å². The lowest BCUT2D eigenvalue weighted by molar-refractivity contribution is 0.0590. The molecule has 0 atom stereocenters. The van der Waals surface area contributed by atoms with Crippen molar-refractivity contribution in [3.8, 4) is 17.1 Å². The molecule has 1 aromatic carbocycles. The molecule has 0 unspecified atom stereocenters. The Hall–Kier alpha value is -2.22. The molecule has 2 rings (SSSR count). The first kappa shape index (κ1) is 15.2. The summed E-state index contributed by atoms with van der Waals surface area (Å²) in [6, 6.07) is 4.36. The summed E-state index contributed by atoms with van der Waals surface area (Å²) >= 11 is 3.16. The average Bonchev–Trinajstić information content (AvgIpc) is 2.45. The number of hydrogen-bond acceptors (Lipinski definition) is 6. The molecule has 21 heavy (non-hydrogen) atoms. The minimum absolute atomic E-state index is 0.0110. The van der Waals surface area contributed by atoms with E-state index in [2.05, 4.69) is 30.6 Å². The number of methoxy groups -OCH3 is 2. The van der Waals surface area contributed by atoms with E-state index in [1.165, 1.54) is 26.4 Å². The summed E-state index contributed by atoms with van der Waals surface area (Å²) in [6.07, 6.45) is 0. The lowest BCUT2D eigenvalue weighted by Gasteiger charge is -2.11. The van der Waals surface area contributed by atoms with E-state index in [1.54, 1.807) is 6.07 Å². The summed E-state index contributed by atoms with van der Waals surface area (Å²) in [5.74, 6) is -1.42. The molecule has 0 fully saturated rings. The van der Waals surface area contributed by atoms with Gasteiger partial charge in [-0.15, -0.1) is 0 Å². The number of ether oxygens (including phenoxy) is 2. The van der Waals surface area contributed by atoms with Gasteiger partial charge >= 0.3 is 5.97 Å². The average molecular weight is 356 g/mol. The van der Waals surface area contributed by atoms with Crippen molar-refractivity contribution in [2.24, 2.45) is 0 Å². The molecule has 110 valence electrons. The molecule has 2 aromatic rings. The number of hydrogen-bond donors (Lipinski definition) is 1. The zero-order valence-corrected chi connectivity index (χ0v) is 12.8. The number of aromatic nitrogens is 2. The van der Waals surface area contributed by atoms with Crippen molar-refractivity contribution in [1.29, 1.82) is 0 Å². The van der Waals surface area contributed by atoms with E-state index in [4.69, 9.17) is 10.5 Å². The summed E-state index contributed by atoms with van der Waals surface area (Å²) in [5.41, 5.74) is 5.67. The number of nitrogens with zero attached hydrogens (tertiary/aromatic N) is 2. The summed E-state index contributed by atoms with van der Waals surface area (Å²) in [4.78, 5) is 19.7. The topological polar surface area (TPSA) is 87.3 Å². The maximum atomic E-state index is 14.0. The van der Waals surface area contributed by atoms with Gasteiger partial charge in [-0.25, -0.2) is 19.2 Å². The molecule has 0 bridgehead atoms. The molecule has 2 N–H and O–H groups in total. The van der Waals surface area contributed by atoms with E-state index < -0.39 is 11.8 Å². The molecule has 0 radical (unpaired) electrons. The molecular formula is C13H11BrFN3O3. The van der Waals surface area contributed by atoms with Crippen LogP contribution >= 0.6 is 15.9 Å². The zero-order chi connectivity index (χ0) is 15.6. The van der Waals surface area contributed by atoms with Gasteiger partial charge in [-0.05, 0) is 18.2 Å². The second-order valence-corrected chi connectivity index (χ2v) is 4.85. The number of carbonyl (C=O) groups excluding carboxylic acids is 1. The fourth-order valence-corrected chi connectivity index (χ4v) is 2.03. The first-order valence-electron chi connectivity index (χ1n) is 5.73. The molecule has 0 aliphatic heterocycles. The van der Waals surface area contributed by atoms with Crippen molar-refractivity contribution in [3.63, 3.8) is 0 Å². The highest BCUT2D eigenvalue weighted by atomic mass is 79.9. The van der Waals surface area contributed by atoms with Crippen LogP contribution in [-0.4, -0.2) is 30.2 Å². The monoisotopic (exact) mass is 355 g/mol. The van der Waals surface area contributed by atoms with E-state index in [0.29, 0.717) is 4.47 Å². The molecular weight excluding hydrogens is 345 g/mol. The number of nitrogens with two attached hydrogens (primary N) is 1. The van der Waals surface area contributed by atoms with Gasteiger partial charge in [-0.2, -0.15) is 0 Å². The number of rotatable bonds is 3. The third kappa shape index (κ3) is 2.94. The summed E-state index contributed by atoms with van der Waals surface area (Å²) in [5, 5.41) is 0. The number of halogens is 2. The molecule has 0 saturated heterocycles. The standard InChI is InChI=1S/C13H11BrFN3O3/c1-20-10-9(13(19)21-2)17-12(18-11(10)16)7-4-3-6(14)5-8(7)15/h3-5H,1-2H3,(H2,16,17,18). The van der Waals surface area contributed by atoms with Crippen LogP contribution in [0.4, 0.5) is 10.2 Å². The Morgan fingerprint density at radius 1 is 1.33 bits per heavy atom. The van der Waals surface area contributed by atoms with Crippen LogP contribution < -0.4 is 10.5 Å². The molecule has 1 aromatic heterocycles. The van der Waals surface area contributed by atoms with Crippen molar-refractivity contribution in [2.45, 2.75) is 0 Å². The molecule has 0 aliphatic carbocycles. The number of anilines is 1. The van der Waals surface area contributed by atoms with E-state index in [0.717, 1.165) is 0 Å². The van der Waals surface area contributed by atoms with Crippen LogP contribution in [0.5, 0.6) is 5.75 Å². The Morgan fingerprint density at radius 2 is 2.05 bits per heavy atom. The van der Waals surface area contributed by atoms with Crippen LogP contribution in [0.1, 0.15) is 10.5 Å². The summed E-state index contributed by atoms with van der Waals surface area (Å²) in [7, 11) is 2.52. The Kier molecular flexibility index (Phi) is 4.37. The number of carbonyl (C=O) groups is 1. The minimum atomic E-state index is -0.750. The van der Waals surface area contributed by atoms with Gasteiger partial charge in [0.2, 0.25) is 0 Å². The maximum absolute atomic E-state index is 14.0. The van der Waals surface area contributed by atoms with Crippen molar-refractivity contribution < 1.29 is 18.7 Å². The van der Waals surface area contributed by atoms with E-state index in [9.17, 15) is 9.18 Å². The van der Waals surface area contributed by atoms with E-state index >= 15 is 0 Å². The Balaban J connectivity index is 2.65. The largest absolute Gasteiger partial charge is 0.491 e. The van der Waals surface area contributed by atoms with Gasteiger partial charge in [0.05, 0.1) is 19.8 Å². The van der Waals surface area contributed by atoms with Gasteiger partial charge in [0, 0.05) is 4.47 Å². The summed E-state index contributed by atoms with van der Waals surface area (Å²) < 4.78 is 24.1. The predicted molar refractivity (Wildman–Crippen MR) is 77.4 cm³/mol.